The molecular weight excluding hydrogens is 386 g/mol. The third-order valence-electron chi connectivity index (χ3n) is 5.76. The maximum Gasteiger partial charge on any atom is 0.418 e. The van der Waals surface area contributed by atoms with Crippen LogP contribution in [0, 0.1) is 0 Å². The van der Waals surface area contributed by atoms with E-state index in [4.69, 9.17) is 9.72 Å². The van der Waals surface area contributed by atoms with Crippen LogP contribution in [0.2, 0.25) is 0 Å². The lowest BCUT2D eigenvalue weighted by Crippen LogP contribution is -2.46. The summed E-state index contributed by atoms with van der Waals surface area (Å²) in [7, 11) is 0. The zero-order chi connectivity index (χ0) is 19.6. The van der Waals surface area contributed by atoms with Gasteiger partial charge >= 0.3 is 6.09 Å². The minimum absolute atomic E-state index is 0.166. The van der Waals surface area contributed by atoms with Gasteiger partial charge in [-0.25, -0.2) is 14.8 Å². The number of rotatable bonds is 4. The van der Waals surface area contributed by atoms with Crippen molar-refractivity contribution < 1.29 is 9.53 Å². The number of nitrogens with zero attached hydrogens (tertiary/aromatic N) is 4. The highest BCUT2D eigenvalue weighted by Gasteiger charge is 2.36. The Morgan fingerprint density at radius 3 is 2.83 bits per heavy atom. The number of piperidine rings is 1. The summed E-state index contributed by atoms with van der Waals surface area (Å²) >= 11 is 1.73. The van der Waals surface area contributed by atoms with Crippen molar-refractivity contribution in [1.82, 2.24) is 19.9 Å². The van der Waals surface area contributed by atoms with Crippen molar-refractivity contribution in [2.45, 2.75) is 44.1 Å². The van der Waals surface area contributed by atoms with E-state index in [9.17, 15) is 4.79 Å². The van der Waals surface area contributed by atoms with Gasteiger partial charge in [0.25, 0.3) is 0 Å². The molecule has 2 aliphatic rings. The van der Waals surface area contributed by atoms with Crippen LogP contribution in [0.5, 0.6) is 5.88 Å². The SMILES string of the molecule is O=C(Nc1ccc2nc(C3CC(N4CCCCC4)C3)sc2c1)Oc1cnccn1. The Kier molecular flexibility index (Phi) is 5.12. The number of aromatic nitrogens is 3. The number of benzene rings is 1. The molecule has 3 heterocycles. The van der Waals surface area contributed by atoms with Crippen molar-refractivity contribution in [2.75, 3.05) is 18.4 Å². The van der Waals surface area contributed by atoms with Crippen LogP contribution in [0.4, 0.5) is 10.5 Å². The summed E-state index contributed by atoms with van der Waals surface area (Å²) in [6, 6.07) is 6.49. The van der Waals surface area contributed by atoms with Gasteiger partial charge in [-0.2, -0.15) is 0 Å². The van der Waals surface area contributed by atoms with Gasteiger partial charge in [-0.05, 0) is 57.0 Å². The number of hydrogen-bond acceptors (Lipinski definition) is 7. The molecule has 1 aliphatic carbocycles. The molecule has 1 aromatic carbocycles. The van der Waals surface area contributed by atoms with Crippen LogP contribution in [0.3, 0.4) is 0 Å². The number of carbonyl (C=O) groups excluding carboxylic acids is 1. The molecule has 2 fully saturated rings. The highest BCUT2D eigenvalue weighted by Crippen LogP contribution is 2.43. The maximum absolute atomic E-state index is 12.1. The summed E-state index contributed by atoms with van der Waals surface area (Å²) in [5, 5.41) is 3.96. The number of fused-ring (bicyclic) bond motifs is 1. The third-order valence-corrected chi connectivity index (χ3v) is 6.94. The molecule has 1 saturated heterocycles. The average Bonchev–Trinajstić information content (AvgIpc) is 3.11. The van der Waals surface area contributed by atoms with Crippen LogP contribution in [-0.2, 0) is 0 Å². The molecule has 0 bridgehead atoms. The van der Waals surface area contributed by atoms with E-state index in [0.29, 0.717) is 11.6 Å². The molecule has 0 radical (unpaired) electrons. The minimum atomic E-state index is -0.585. The van der Waals surface area contributed by atoms with Crippen LogP contribution in [0.15, 0.2) is 36.8 Å². The fourth-order valence-electron chi connectivity index (χ4n) is 4.14. The molecule has 1 saturated carbocycles. The quantitative estimate of drug-likeness (QED) is 0.687. The fraction of sp³-hybridized carbons (Fsp3) is 0.429. The van der Waals surface area contributed by atoms with Crippen LogP contribution >= 0.6 is 11.3 Å². The van der Waals surface area contributed by atoms with Gasteiger partial charge in [0, 0.05) is 30.0 Å². The highest BCUT2D eigenvalue weighted by atomic mass is 32.1. The Morgan fingerprint density at radius 2 is 2.03 bits per heavy atom. The minimum Gasteiger partial charge on any atom is -0.389 e. The summed E-state index contributed by atoms with van der Waals surface area (Å²) in [6.45, 7) is 2.52. The van der Waals surface area contributed by atoms with Crippen LogP contribution < -0.4 is 10.1 Å². The molecule has 1 aliphatic heterocycles. The zero-order valence-electron chi connectivity index (χ0n) is 16.1. The predicted molar refractivity (Wildman–Crippen MR) is 112 cm³/mol. The number of thiazole rings is 1. The van der Waals surface area contributed by atoms with Crippen LogP contribution in [0.1, 0.15) is 43.0 Å². The van der Waals surface area contributed by atoms with E-state index in [0.717, 1.165) is 16.3 Å². The molecule has 8 heteroatoms. The second-order valence-corrected chi connectivity index (χ2v) is 8.77. The smallest absolute Gasteiger partial charge is 0.389 e. The first-order valence-electron chi connectivity index (χ1n) is 10.1. The van der Waals surface area contributed by atoms with Gasteiger partial charge < -0.3 is 9.64 Å². The van der Waals surface area contributed by atoms with Gasteiger partial charge in [0.2, 0.25) is 5.88 Å². The lowest BCUT2D eigenvalue weighted by molar-refractivity contribution is 0.0888. The molecule has 7 nitrogen and oxygen atoms in total. The second kappa shape index (κ2) is 8.04. The van der Waals surface area contributed by atoms with Gasteiger partial charge in [0.1, 0.15) is 0 Å². The van der Waals surface area contributed by atoms with E-state index in [2.05, 4.69) is 20.2 Å². The molecule has 3 aromatic rings. The van der Waals surface area contributed by atoms with Crippen molar-refractivity contribution >= 4 is 33.3 Å². The Bertz CT molecular complexity index is 997. The van der Waals surface area contributed by atoms with Gasteiger partial charge in [0.05, 0.1) is 21.4 Å². The van der Waals surface area contributed by atoms with Crippen molar-refractivity contribution in [1.29, 1.82) is 0 Å². The normalized spacial score (nSPS) is 22.2. The van der Waals surface area contributed by atoms with Gasteiger partial charge in [-0.3, -0.25) is 10.3 Å². The monoisotopic (exact) mass is 409 g/mol. The number of anilines is 1. The van der Waals surface area contributed by atoms with E-state index >= 15 is 0 Å². The van der Waals surface area contributed by atoms with Gasteiger partial charge in [0.15, 0.2) is 0 Å². The topological polar surface area (TPSA) is 80.2 Å². The average molecular weight is 410 g/mol. The molecule has 1 N–H and O–H groups in total. The molecule has 0 unspecified atom stereocenters. The number of amides is 1. The molecule has 150 valence electrons. The van der Waals surface area contributed by atoms with E-state index in [-0.39, 0.29) is 5.88 Å². The van der Waals surface area contributed by atoms with Crippen molar-refractivity contribution in [3.05, 3.63) is 41.8 Å². The number of hydrogen-bond donors (Lipinski definition) is 1. The molecular formula is C21H23N5O2S. The lowest BCUT2D eigenvalue weighted by atomic mass is 9.79. The summed E-state index contributed by atoms with van der Waals surface area (Å²) < 4.78 is 6.21. The fourth-order valence-corrected chi connectivity index (χ4v) is 5.27. The third kappa shape index (κ3) is 4.09. The second-order valence-electron chi connectivity index (χ2n) is 7.71. The van der Waals surface area contributed by atoms with Crippen LogP contribution in [-0.4, -0.2) is 45.1 Å². The molecule has 0 spiro atoms. The summed E-state index contributed by atoms with van der Waals surface area (Å²) in [6.07, 6.45) is 10.3. The highest BCUT2D eigenvalue weighted by molar-refractivity contribution is 7.18. The predicted octanol–water partition coefficient (Wildman–Crippen LogP) is 4.43. The van der Waals surface area contributed by atoms with Crippen molar-refractivity contribution in [3.63, 3.8) is 0 Å². The van der Waals surface area contributed by atoms with E-state index < -0.39 is 6.09 Å². The van der Waals surface area contributed by atoms with E-state index in [1.807, 2.05) is 18.2 Å². The number of nitrogens with one attached hydrogen (secondary N) is 1. The molecule has 5 rings (SSSR count). The largest absolute Gasteiger partial charge is 0.418 e. The Hall–Kier alpha value is -2.58. The van der Waals surface area contributed by atoms with Gasteiger partial charge in [-0.1, -0.05) is 6.42 Å². The summed E-state index contributed by atoms with van der Waals surface area (Å²) in [5.74, 6) is 0.733. The standard InChI is InChI=1S/C21H23N5O2S/c27-21(28-19-13-22-6-7-23-19)24-15-4-5-17-18(12-15)29-20(25-17)14-10-16(11-14)26-8-2-1-3-9-26/h4-7,12-14,16H,1-3,8-11H2,(H,24,27). The lowest BCUT2D eigenvalue weighted by Gasteiger charge is -2.43. The Morgan fingerprint density at radius 1 is 1.17 bits per heavy atom. The van der Waals surface area contributed by atoms with E-state index in [1.165, 1.54) is 68.8 Å². The Labute approximate surface area is 173 Å². The number of carbonyl (C=O) groups is 1. The molecule has 2 aromatic heterocycles. The first-order chi connectivity index (χ1) is 14.2. The summed E-state index contributed by atoms with van der Waals surface area (Å²) in [4.78, 5) is 27.4. The van der Waals surface area contributed by atoms with Gasteiger partial charge in [-0.15, -0.1) is 11.3 Å². The van der Waals surface area contributed by atoms with Crippen LogP contribution in [0.25, 0.3) is 10.2 Å². The van der Waals surface area contributed by atoms with Crippen molar-refractivity contribution in [3.8, 4) is 5.88 Å². The molecule has 1 amide bonds. The first-order valence-corrected chi connectivity index (χ1v) is 11.0. The van der Waals surface area contributed by atoms with E-state index in [1.54, 1.807) is 11.3 Å². The maximum atomic E-state index is 12.1. The molecule has 29 heavy (non-hydrogen) atoms. The zero-order valence-corrected chi connectivity index (χ0v) is 16.9. The summed E-state index contributed by atoms with van der Waals surface area (Å²) in [5.41, 5.74) is 1.67. The number of ether oxygens (including phenoxy) is 1. The first kappa shape index (κ1) is 18.4. The number of likely N-dealkylation sites (tertiary alicyclic amines) is 1. The molecule has 0 atom stereocenters. The Balaban J connectivity index is 1.22. The van der Waals surface area contributed by atoms with Crippen molar-refractivity contribution in [2.24, 2.45) is 0 Å².